The van der Waals surface area contributed by atoms with Crippen molar-refractivity contribution in [2.75, 3.05) is 6.61 Å². The maximum atomic E-state index is 12.7. The Labute approximate surface area is 156 Å². The van der Waals surface area contributed by atoms with E-state index in [1.54, 1.807) is 0 Å². The molecule has 1 N–H and O–H groups in total. The SMILES string of the molecule is CC(=C(c1ccccc1)c1ccccc1)C(C)NC(=O)C1CCOC1C. The van der Waals surface area contributed by atoms with Crippen molar-refractivity contribution in [1.82, 2.24) is 5.32 Å². The molecule has 3 rings (SSSR count). The standard InChI is InChI=1S/C23H27NO2/c1-16(17(2)24-23(25)21-14-15-26-18(21)3)22(19-10-6-4-7-11-19)20-12-8-5-9-13-20/h4-13,17-18,21H,14-15H2,1-3H3,(H,24,25). The molecule has 1 amide bonds. The Bertz CT molecular complexity index is 726. The van der Waals surface area contributed by atoms with Crippen LogP contribution in [0.2, 0.25) is 0 Å². The number of carbonyl (C=O) groups is 1. The summed E-state index contributed by atoms with van der Waals surface area (Å²) in [5.74, 6) is 0.0319. The first kappa shape index (κ1) is 18.4. The van der Waals surface area contributed by atoms with Crippen LogP contribution in [0.15, 0.2) is 66.2 Å². The Morgan fingerprint density at radius 1 is 1.04 bits per heavy atom. The van der Waals surface area contributed by atoms with Gasteiger partial charge in [-0.2, -0.15) is 0 Å². The van der Waals surface area contributed by atoms with Crippen molar-refractivity contribution in [1.29, 1.82) is 0 Å². The molecule has 3 unspecified atom stereocenters. The van der Waals surface area contributed by atoms with Gasteiger partial charge in [0, 0.05) is 12.6 Å². The number of hydrogen-bond donors (Lipinski definition) is 1. The fraction of sp³-hybridized carbons (Fsp3) is 0.348. The zero-order chi connectivity index (χ0) is 18.5. The van der Waals surface area contributed by atoms with E-state index in [4.69, 9.17) is 4.74 Å². The number of amides is 1. The topological polar surface area (TPSA) is 38.3 Å². The highest BCUT2D eigenvalue weighted by Crippen LogP contribution is 2.29. The zero-order valence-corrected chi connectivity index (χ0v) is 15.7. The Morgan fingerprint density at radius 3 is 2.04 bits per heavy atom. The molecule has 136 valence electrons. The lowest BCUT2D eigenvalue weighted by atomic mass is 9.90. The molecule has 0 spiro atoms. The van der Waals surface area contributed by atoms with Crippen LogP contribution in [0.5, 0.6) is 0 Å². The van der Waals surface area contributed by atoms with Crippen LogP contribution in [0.3, 0.4) is 0 Å². The van der Waals surface area contributed by atoms with E-state index in [1.807, 2.05) is 43.3 Å². The van der Waals surface area contributed by atoms with E-state index in [2.05, 4.69) is 43.4 Å². The summed E-state index contributed by atoms with van der Waals surface area (Å²) in [7, 11) is 0. The number of carbonyl (C=O) groups excluding carboxylic acids is 1. The Kier molecular flexibility index (Phi) is 5.89. The van der Waals surface area contributed by atoms with Gasteiger partial charge in [-0.1, -0.05) is 60.7 Å². The van der Waals surface area contributed by atoms with Gasteiger partial charge in [0.1, 0.15) is 0 Å². The Hall–Kier alpha value is -2.39. The van der Waals surface area contributed by atoms with Crippen molar-refractivity contribution in [3.8, 4) is 0 Å². The van der Waals surface area contributed by atoms with Crippen LogP contribution in [-0.2, 0) is 9.53 Å². The molecule has 1 fully saturated rings. The van der Waals surface area contributed by atoms with Gasteiger partial charge >= 0.3 is 0 Å². The quantitative estimate of drug-likeness (QED) is 0.867. The maximum Gasteiger partial charge on any atom is 0.226 e. The molecule has 0 radical (unpaired) electrons. The molecule has 26 heavy (non-hydrogen) atoms. The molecule has 1 aliphatic rings. The molecular weight excluding hydrogens is 322 g/mol. The fourth-order valence-electron chi connectivity index (χ4n) is 3.55. The number of ether oxygens (including phenoxy) is 1. The lowest BCUT2D eigenvalue weighted by molar-refractivity contribution is -0.126. The van der Waals surface area contributed by atoms with Gasteiger partial charge < -0.3 is 10.1 Å². The summed E-state index contributed by atoms with van der Waals surface area (Å²) in [5.41, 5.74) is 4.65. The third-order valence-corrected chi connectivity index (χ3v) is 5.24. The highest BCUT2D eigenvalue weighted by atomic mass is 16.5. The molecule has 1 saturated heterocycles. The molecule has 3 nitrogen and oxygen atoms in total. The molecule has 0 saturated carbocycles. The summed E-state index contributed by atoms with van der Waals surface area (Å²) < 4.78 is 5.54. The predicted octanol–water partition coefficient (Wildman–Crippen LogP) is 4.44. The van der Waals surface area contributed by atoms with Gasteiger partial charge in [-0.3, -0.25) is 4.79 Å². The number of rotatable bonds is 5. The lowest BCUT2D eigenvalue weighted by Gasteiger charge is -2.22. The average Bonchev–Trinajstić information content (AvgIpc) is 3.09. The second kappa shape index (κ2) is 8.33. The first-order chi connectivity index (χ1) is 12.6. The van der Waals surface area contributed by atoms with E-state index >= 15 is 0 Å². The van der Waals surface area contributed by atoms with Crippen molar-refractivity contribution in [2.45, 2.75) is 39.3 Å². The highest BCUT2D eigenvalue weighted by molar-refractivity contribution is 5.84. The van der Waals surface area contributed by atoms with E-state index in [1.165, 1.54) is 5.57 Å². The van der Waals surface area contributed by atoms with E-state index in [0.717, 1.165) is 23.1 Å². The van der Waals surface area contributed by atoms with Gasteiger partial charge in [0.25, 0.3) is 0 Å². The van der Waals surface area contributed by atoms with Crippen molar-refractivity contribution < 1.29 is 9.53 Å². The molecule has 1 heterocycles. The van der Waals surface area contributed by atoms with Crippen LogP contribution >= 0.6 is 0 Å². The third kappa shape index (κ3) is 4.05. The molecule has 3 heteroatoms. The fourth-order valence-corrected chi connectivity index (χ4v) is 3.55. The second-order valence-corrected chi connectivity index (χ2v) is 6.99. The number of benzene rings is 2. The monoisotopic (exact) mass is 349 g/mol. The molecule has 2 aromatic carbocycles. The maximum absolute atomic E-state index is 12.7. The van der Waals surface area contributed by atoms with Gasteiger partial charge in [0.15, 0.2) is 0 Å². The molecule has 0 aliphatic carbocycles. The smallest absolute Gasteiger partial charge is 0.226 e. The van der Waals surface area contributed by atoms with Gasteiger partial charge in [-0.05, 0) is 49.5 Å². The van der Waals surface area contributed by atoms with Gasteiger partial charge in [0.05, 0.1) is 12.0 Å². The largest absolute Gasteiger partial charge is 0.378 e. The van der Waals surface area contributed by atoms with E-state index < -0.39 is 0 Å². The molecule has 0 aromatic heterocycles. The minimum Gasteiger partial charge on any atom is -0.378 e. The molecule has 3 atom stereocenters. The highest BCUT2D eigenvalue weighted by Gasteiger charge is 2.31. The van der Waals surface area contributed by atoms with E-state index in [9.17, 15) is 4.79 Å². The lowest BCUT2D eigenvalue weighted by Crippen LogP contribution is -2.40. The number of hydrogen-bond acceptors (Lipinski definition) is 2. The minimum atomic E-state index is -0.0536. The summed E-state index contributed by atoms with van der Waals surface area (Å²) >= 11 is 0. The summed E-state index contributed by atoms with van der Waals surface area (Å²) in [5, 5.41) is 3.20. The van der Waals surface area contributed by atoms with Crippen LogP contribution in [0.1, 0.15) is 38.3 Å². The van der Waals surface area contributed by atoms with Crippen molar-refractivity contribution in [2.24, 2.45) is 5.92 Å². The van der Waals surface area contributed by atoms with Crippen LogP contribution in [0, 0.1) is 5.92 Å². The van der Waals surface area contributed by atoms with Crippen molar-refractivity contribution >= 4 is 11.5 Å². The van der Waals surface area contributed by atoms with Crippen LogP contribution in [0.25, 0.3) is 5.57 Å². The summed E-state index contributed by atoms with van der Waals surface area (Å²) in [6, 6.07) is 20.7. The minimum absolute atomic E-state index is 0.00537. The first-order valence-electron chi connectivity index (χ1n) is 9.31. The van der Waals surface area contributed by atoms with E-state index in [-0.39, 0.29) is 24.0 Å². The molecule has 0 bridgehead atoms. The summed E-state index contributed by atoms with van der Waals surface area (Å²) in [4.78, 5) is 12.7. The predicted molar refractivity (Wildman–Crippen MR) is 106 cm³/mol. The first-order valence-corrected chi connectivity index (χ1v) is 9.31. The number of nitrogens with one attached hydrogen (secondary N) is 1. The average molecular weight is 349 g/mol. The van der Waals surface area contributed by atoms with Gasteiger partial charge in [-0.15, -0.1) is 0 Å². The van der Waals surface area contributed by atoms with Gasteiger partial charge in [0.2, 0.25) is 5.91 Å². The Balaban J connectivity index is 1.90. The van der Waals surface area contributed by atoms with Crippen LogP contribution in [0.4, 0.5) is 0 Å². The van der Waals surface area contributed by atoms with Crippen LogP contribution in [-0.4, -0.2) is 24.7 Å². The summed E-state index contributed by atoms with van der Waals surface area (Å²) in [6.45, 7) is 6.81. The Morgan fingerprint density at radius 2 is 1.58 bits per heavy atom. The van der Waals surface area contributed by atoms with Crippen molar-refractivity contribution in [3.05, 3.63) is 77.4 Å². The van der Waals surface area contributed by atoms with E-state index in [0.29, 0.717) is 6.61 Å². The zero-order valence-electron chi connectivity index (χ0n) is 15.7. The second-order valence-electron chi connectivity index (χ2n) is 6.99. The summed E-state index contributed by atoms with van der Waals surface area (Å²) in [6.07, 6.45) is 0.793. The normalized spacial score (nSPS) is 20.4. The van der Waals surface area contributed by atoms with Gasteiger partial charge in [-0.25, -0.2) is 0 Å². The molecule has 2 aromatic rings. The van der Waals surface area contributed by atoms with Crippen LogP contribution < -0.4 is 5.32 Å². The molecular formula is C23H27NO2. The third-order valence-electron chi connectivity index (χ3n) is 5.24. The molecule has 1 aliphatic heterocycles. The van der Waals surface area contributed by atoms with Crippen molar-refractivity contribution in [3.63, 3.8) is 0 Å².